The molecule has 0 spiro atoms. The highest BCUT2D eigenvalue weighted by Gasteiger charge is 2.00. The topological polar surface area (TPSA) is 110 Å². The largest absolute Gasteiger partial charge is 0.387 e. The summed E-state index contributed by atoms with van der Waals surface area (Å²) in [5, 5.41) is 10.8. The number of amides is 1. The van der Waals surface area contributed by atoms with Crippen LogP contribution in [0.15, 0.2) is 11.0 Å². The van der Waals surface area contributed by atoms with Crippen LogP contribution in [0.25, 0.3) is 0 Å². The average molecular weight is 266 g/mol. The third kappa shape index (κ3) is 5.70. The summed E-state index contributed by atoms with van der Waals surface area (Å²) in [6.07, 6.45) is 1.46. The van der Waals surface area contributed by atoms with Crippen molar-refractivity contribution in [3.63, 3.8) is 0 Å². The monoisotopic (exact) mass is 266 g/mol. The van der Waals surface area contributed by atoms with E-state index in [1.165, 1.54) is 17.8 Å². The standard InChI is InChI=1S/C10H12N4O3.C2H6/c1-14-5-7(9(11)13-10(14)17)3-2-4-12-8(16)6-15;1-2/h5,15H,4,6H2,1H3,(H,12,16)(H2,11,13,17);1-2H3. The molecule has 0 saturated heterocycles. The van der Waals surface area contributed by atoms with E-state index in [1.54, 1.807) is 0 Å². The molecule has 19 heavy (non-hydrogen) atoms. The first-order valence-corrected chi connectivity index (χ1v) is 5.74. The Kier molecular flexibility index (Phi) is 7.65. The molecule has 0 fully saturated rings. The first-order chi connectivity index (χ1) is 9.04. The lowest BCUT2D eigenvalue weighted by atomic mass is 10.3. The Balaban J connectivity index is 0.00000154. The summed E-state index contributed by atoms with van der Waals surface area (Å²) >= 11 is 0. The fourth-order valence-electron chi connectivity index (χ4n) is 0.992. The number of nitrogen functional groups attached to an aromatic ring is 1. The number of hydrogen-bond acceptors (Lipinski definition) is 5. The van der Waals surface area contributed by atoms with E-state index in [9.17, 15) is 9.59 Å². The number of anilines is 1. The van der Waals surface area contributed by atoms with Gasteiger partial charge in [-0.15, -0.1) is 0 Å². The summed E-state index contributed by atoms with van der Waals surface area (Å²) in [6.45, 7) is 3.51. The molecule has 4 N–H and O–H groups in total. The predicted octanol–water partition coefficient (Wildman–Crippen LogP) is -1.15. The lowest BCUT2D eigenvalue weighted by Gasteiger charge is -1.99. The van der Waals surface area contributed by atoms with Crippen LogP contribution < -0.4 is 16.7 Å². The Morgan fingerprint density at radius 3 is 2.79 bits per heavy atom. The molecule has 0 aliphatic carbocycles. The maximum atomic E-state index is 11.1. The molecular formula is C12H18N4O3. The second kappa shape index (κ2) is 8.72. The van der Waals surface area contributed by atoms with Crippen LogP contribution in [0, 0.1) is 11.8 Å². The summed E-state index contributed by atoms with van der Waals surface area (Å²) in [6, 6.07) is 0. The number of carbonyl (C=O) groups excluding carboxylic acids is 1. The zero-order chi connectivity index (χ0) is 14.8. The fraction of sp³-hybridized carbons (Fsp3) is 0.417. The number of aliphatic hydroxyl groups excluding tert-OH is 1. The molecule has 7 nitrogen and oxygen atoms in total. The number of rotatable bonds is 2. The van der Waals surface area contributed by atoms with Crippen LogP contribution in [0.5, 0.6) is 0 Å². The Morgan fingerprint density at radius 1 is 1.58 bits per heavy atom. The fourth-order valence-corrected chi connectivity index (χ4v) is 0.992. The first kappa shape index (κ1) is 16.7. The molecule has 1 aromatic rings. The summed E-state index contributed by atoms with van der Waals surface area (Å²) in [7, 11) is 1.54. The third-order valence-electron chi connectivity index (χ3n) is 1.86. The van der Waals surface area contributed by atoms with Gasteiger partial charge in [-0.1, -0.05) is 25.7 Å². The van der Waals surface area contributed by atoms with Crippen molar-refractivity contribution in [3.8, 4) is 11.8 Å². The number of hydrogen-bond donors (Lipinski definition) is 3. The van der Waals surface area contributed by atoms with Gasteiger partial charge in [0.25, 0.3) is 0 Å². The van der Waals surface area contributed by atoms with E-state index < -0.39 is 18.2 Å². The van der Waals surface area contributed by atoms with Crippen LogP contribution in [-0.2, 0) is 11.8 Å². The average Bonchev–Trinajstić information content (AvgIpc) is 2.42. The maximum Gasteiger partial charge on any atom is 0.349 e. The molecule has 1 aromatic heterocycles. The Bertz CT molecular complexity index is 540. The van der Waals surface area contributed by atoms with Crippen molar-refractivity contribution < 1.29 is 9.90 Å². The smallest absolute Gasteiger partial charge is 0.349 e. The van der Waals surface area contributed by atoms with Gasteiger partial charge in [0.05, 0.1) is 12.1 Å². The second-order valence-corrected chi connectivity index (χ2v) is 3.17. The van der Waals surface area contributed by atoms with E-state index in [4.69, 9.17) is 10.8 Å². The van der Waals surface area contributed by atoms with E-state index >= 15 is 0 Å². The minimum absolute atomic E-state index is 0.0501. The van der Waals surface area contributed by atoms with Crippen molar-refractivity contribution in [1.82, 2.24) is 14.9 Å². The third-order valence-corrected chi connectivity index (χ3v) is 1.86. The van der Waals surface area contributed by atoms with E-state index in [1.807, 2.05) is 13.8 Å². The molecule has 0 radical (unpaired) electrons. The van der Waals surface area contributed by atoms with Crippen LogP contribution in [0.4, 0.5) is 5.82 Å². The van der Waals surface area contributed by atoms with E-state index in [-0.39, 0.29) is 12.4 Å². The Hall–Kier alpha value is -2.33. The number of aromatic nitrogens is 2. The first-order valence-electron chi connectivity index (χ1n) is 5.74. The van der Waals surface area contributed by atoms with Gasteiger partial charge in [-0.2, -0.15) is 4.98 Å². The number of aliphatic hydroxyl groups is 1. The van der Waals surface area contributed by atoms with Crippen molar-refractivity contribution in [2.24, 2.45) is 7.05 Å². The number of nitrogens with one attached hydrogen (secondary N) is 1. The van der Waals surface area contributed by atoms with Crippen LogP contribution >= 0.6 is 0 Å². The predicted molar refractivity (Wildman–Crippen MR) is 72.2 cm³/mol. The molecule has 0 aromatic carbocycles. The molecule has 7 heteroatoms. The number of carbonyl (C=O) groups is 1. The molecule has 1 amide bonds. The molecular weight excluding hydrogens is 248 g/mol. The van der Waals surface area contributed by atoms with Gasteiger partial charge in [-0.05, 0) is 0 Å². The van der Waals surface area contributed by atoms with Gasteiger partial charge in [-0.25, -0.2) is 4.79 Å². The van der Waals surface area contributed by atoms with Crippen molar-refractivity contribution in [2.45, 2.75) is 13.8 Å². The quantitative estimate of drug-likeness (QED) is 0.585. The van der Waals surface area contributed by atoms with E-state index in [0.29, 0.717) is 5.56 Å². The number of nitrogens with zero attached hydrogens (tertiary/aromatic N) is 2. The van der Waals surface area contributed by atoms with Crippen molar-refractivity contribution in [1.29, 1.82) is 0 Å². The molecule has 0 unspecified atom stereocenters. The summed E-state index contributed by atoms with van der Waals surface area (Å²) in [5.41, 5.74) is 5.46. The molecule has 0 saturated carbocycles. The minimum atomic E-state index is -0.578. The highest BCUT2D eigenvalue weighted by molar-refractivity contribution is 5.77. The van der Waals surface area contributed by atoms with E-state index in [0.717, 1.165) is 0 Å². The van der Waals surface area contributed by atoms with Crippen LogP contribution in [0.2, 0.25) is 0 Å². The number of aryl methyl sites for hydroxylation is 1. The molecule has 0 atom stereocenters. The van der Waals surface area contributed by atoms with Crippen LogP contribution in [-0.4, -0.2) is 33.7 Å². The molecule has 0 bridgehead atoms. The van der Waals surface area contributed by atoms with Gasteiger partial charge < -0.3 is 20.7 Å². The second-order valence-electron chi connectivity index (χ2n) is 3.17. The molecule has 0 aliphatic rings. The zero-order valence-electron chi connectivity index (χ0n) is 11.2. The van der Waals surface area contributed by atoms with Gasteiger partial charge in [0.15, 0.2) is 0 Å². The zero-order valence-corrected chi connectivity index (χ0v) is 11.2. The molecule has 1 heterocycles. The van der Waals surface area contributed by atoms with Crippen LogP contribution in [0.1, 0.15) is 19.4 Å². The highest BCUT2D eigenvalue weighted by atomic mass is 16.3. The Labute approximate surface area is 111 Å². The SMILES string of the molecule is CC.Cn1cc(C#CCNC(=O)CO)c(N)nc1=O. The van der Waals surface area contributed by atoms with Gasteiger partial charge >= 0.3 is 5.69 Å². The van der Waals surface area contributed by atoms with Gasteiger partial charge in [0, 0.05) is 13.2 Å². The van der Waals surface area contributed by atoms with Gasteiger partial charge in [0.1, 0.15) is 12.4 Å². The summed E-state index contributed by atoms with van der Waals surface area (Å²) < 4.78 is 1.26. The van der Waals surface area contributed by atoms with Crippen molar-refractivity contribution >= 4 is 11.7 Å². The summed E-state index contributed by atoms with van der Waals surface area (Å²) in [5.74, 6) is 4.83. The minimum Gasteiger partial charge on any atom is -0.387 e. The molecule has 0 aliphatic heterocycles. The number of nitrogens with two attached hydrogens (primary N) is 1. The van der Waals surface area contributed by atoms with E-state index in [2.05, 4.69) is 22.1 Å². The molecule has 1 rings (SSSR count). The Morgan fingerprint density at radius 2 is 2.21 bits per heavy atom. The van der Waals surface area contributed by atoms with Gasteiger partial charge in [-0.3, -0.25) is 4.79 Å². The van der Waals surface area contributed by atoms with Crippen molar-refractivity contribution in [3.05, 3.63) is 22.2 Å². The lowest BCUT2D eigenvalue weighted by molar-refractivity contribution is -0.123. The van der Waals surface area contributed by atoms with Crippen LogP contribution in [0.3, 0.4) is 0 Å². The lowest BCUT2D eigenvalue weighted by Crippen LogP contribution is -2.26. The molecule has 104 valence electrons. The normalized spacial score (nSPS) is 8.63. The van der Waals surface area contributed by atoms with Gasteiger partial charge in [0.2, 0.25) is 5.91 Å². The highest BCUT2D eigenvalue weighted by Crippen LogP contribution is 2.00. The van der Waals surface area contributed by atoms with Crippen molar-refractivity contribution in [2.75, 3.05) is 18.9 Å². The summed E-state index contributed by atoms with van der Waals surface area (Å²) in [4.78, 5) is 25.3. The maximum absolute atomic E-state index is 11.1.